The van der Waals surface area contributed by atoms with Crippen LogP contribution in [0.2, 0.25) is 0 Å². The van der Waals surface area contributed by atoms with Crippen molar-refractivity contribution in [1.82, 2.24) is 9.78 Å². The predicted octanol–water partition coefficient (Wildman–Crippen LogP) is 4.05. The molecule has 0 amide bonds. The molecule has 4 rings (SSSR count). The van der Waals surface area contributed by atoms with Crippen LogP contribution in [0.15, 0.2) is 88.6 Å². The minimum absolute atomic E-state index is 0.0747. The van der Waals surface area contributed by atoms with Gasteiger partial charge in [0.15, 0.2) is 9.84 Å². The van der Waals surface area contributed by atoms with Crippen LogP contribution in [0.3, 0.4) is 0 Å². The number of sulfone groups is 1. The van der Waals surface area contributed by atoms with Crippen molar-refractivity contribution >= 4 is 9.84 Å². The summed E-state index contributed by atoms with van der Waals surface area (Å²) in [5, 5.41) is 4.58. The lowest BCUT2D eigenvalue weighted by Crippen LogP contribution is -2.32. The highest BCUT2D eigenvalue weighted by atomic mass is 32.2. The van der Waals surface area contributed by atoms with Crippen molar-refractivity contribution in [2.45, 2.75) is 30.8 Å². The molecule has 2 N–H and O–H groups in total. The van der Waals surface area contributed by atoms with E-state index < -0.39 is 27.3 Å². The van der Waals surface area contributed by atoms with Crippen molar-refractivity contribution < 1.29 is 12.8 Å². The fourth-order valence-electron chi connectivity index (χ4n) is 4.16. The van der Waals surface area contributed by atoms with E-state index in [1.54, 1.807) is 49.4 Å². The Hall–Kier alpha value is -3.62. The summed E-state index contributed by atoms with van der Waals surface area (Å²) >= 11 is 0. The Morgan fingerprint density at radius 1 is 0.971 bits per heavy atom. The minimum Gasteiger partial charge on any atom is -0.322 e. The molecule has 8 heteroatoms. The minimum atomic E-state index is -3.49. The molecular formula is C27H26FN3O3S. The maximum absolute atomic E-state index is 14.8. The van der Waals surface area contributed by atoms with Crippen molar-refractivity contribution in [1.29, 1.82) is 0 Å². The maximum Gasteiger partial charge on any atom is 0.275 e. The van der Waals surface area contributed by atoms with Crippen LogP contribution in [0.1, 0.15) is 28.4 Å². The van der Waals surface area contributed by atoms with E-state index in [4.69, 9.17) is 5.73 Å². The van der Waals surface area contributed by atoms with E-state index >= 15 is 0 Å². The van der Waals surface area contributed by atoms with Crippen LogP contribution in [0.5, 0.6) is 0 Å². The molecule has 3 aromatic carbocycles. The van der Waals surface area contributed by atoms with Gasteiger partial charge < -0.3 is 5.73 Å². The third-order valence-corrected chi connectivity index (χ3v) is 7.17. The topological polar surface area (TPSA) is 95.1 Å². The largest absolute Gasteiger partial charge is 0.322 e. The third kappa shape index (κ3) is 5.23. The second-order valence-electron chi connectivity index (χ2n) is 8.49. The fourth-order valence-corrected chi connectivity index (χ4v) is 5.10. The fraction of sp³-hybridized carbons (Fsp3) is 0.185. The van der Waals surface area contributed by atoms with Gasteiger partial charge in [-0.15, -0.1) is 0 Å². The molecule has 0 saturated heterocycles. The van der Waals surface area contributed by atoms with E-state index in [0.29, 0.717) is 16.8 Å². The number of rotatable bonds is 7. The molecule has 6 nitrogen and oxygen atoms in total. The van der Waals surface area contributed by atoms with Crippen molar-refractivity contribution in [2.75, 3.05) is 6.26 Å². The second kappa shape index (κ2) is 9.93. The molecular weight excluding hydrogens is 465 g/mol. The zero-order chi connectivity index (χ0) is 25.2. The molecule has 1 atom stereocenters. The summed E-state index contributed by atoms with van der Waals surface area (Å²) in [7, 11) is -3.49. The lowest BCUT2D eigenvalue weighted by atomic mass is 9.97. The van der Waals surface area contributed by atoms with Crippen LogP contribution < -0.4 is 11.3 Å². The van der Waals surface area contributed by atoms with Gasteiger partial charge in [-0.3, -0.25) is 4.79 Å². The SMILES string of the molecule is Cc1c(Cc2ccccc2S(C)(=O)=O)nn(CC(N)c2ccccc2)c(=O)c1-c1ccccc1F. The molecule has 0 bridgehead atoms. The summed E-state index contributed by atoms with van der Waals surface area (Å²) < 4.78 is 40.7. The van der Waals surface area contributed by atoms with E-state index in [-0.39, 0.29) is 29.0 Å². The van der Waals surface area contributed by atoms with Gasteiger partial charge >= 0.3 is 0 Å². The van der Waals surface area contributed by atoms with Crippen LogP contribution in [0.4, 0.5) is 4.39 Å². The van der Waals surface area contributed by atoms with Crippen molar-refractivity contribution in [3.05, 3.63) is 117 Å². The van der Waals surface area contributed by atoms with Gasteiger partial charge in [-0.25, -0.2) is 17.5 Å². The number of hydrogen-bond donors (Lipinski definition) is 1. The van der Waals surface area contributed by atoms with Crippen LogP contribution in [-0.4, -0.2) is 24.5 Å². The van der Waals surface area contributed by atoms with Gasteiger partial charge in [-0.2, -0.15) is 5.10 Å². The molecule has 0 aliphatic rings. The van der Waals surface area contributed by atoms with Gasteiger partial charge in [0.2, 0.25) is 0 Å². The average Bonchev–Trinajstić information content (AvgIpc) is 2.83. The second-order valence-corrected chi connectivity index (χ2v) is 10.5. The first kappa shape index (κ1) is 24.5. The summed E-state index contributed by atoms with van der Waals surface area (Å²) in [6, 6.07) is 21.5. The zero-order valence-corrected chi connectivity index (χ0v) is 20.3. The van der Waals surface area contributed by atoms with E-state index in [9.17, 15) is 17.6 Å². The molecule has 0 spiro atoms. The van der Waals surface area contributed by atoms with Crippen LogP contribution >= 0.6 is 0 Å². The molecule has 1 aromatic heterocycles. The summed E-state index contributed by atoms with van der Waals surface area (Å²) in [5.74, 6) is -0.528. The van der Waals surface area contributed by atoms with Crippen LogP contribution in [0, 0.1) is 12.7 Å². The van der Waals surface area contributed by atoms with Crippen LogP contribution in [-0.2, 0) is 22.8 Å². The molecule has 0 aliphatic heterocycles. The Morgan fingerprint density at radius 3 is 2.29 bits per heavy atom. The molecule has 0 aliphatic carbocycles. The van der Waals surface area contributed by atoms with Gasteiger partial charge in [0.05, 0.1) is 22.7 Å². The van der Waals surface area contributed by atoms with Crippen molar-refractivity contribution in [3.63, 3.8) is 0 Å². The van der Waals surface area contributed by atoms with Gasteiger partial charge in [-0.1, -0.05) is 66.7 Å². The van der Waals surface area contributed by atoms with Gasteiger partial charge in [0, 0.05) is 24.3 Å². The Kier molecular flexibility index (Phi) is 6.95. The van der Waals surface area contributed by atoms with E-state index in [0.717, 1.165) is 11.8 Å². The molecule has 35 heavy (non-hydrogen) atoms. The predicted molar refractivity (Wildman–Crippen MR) is 134 cm³/mol. The van der Waals surface area contributed by atoms with Crippen molar-refractivity contribution in [3.8, 4) is 11.1 Å². The van der Waals surface area contributed by atoms with E-state index in [1.807, 2.05) is 30.3 Å². The third-order valence-electron chi connectivity index (χ3n) is 5.97. The lowest BCUT2D eigenvalue weighted by Gasteiger charge is -2.18. The average molecular weight is 492 g/mol. The van der Waals surface area contributed by atoms with Gasteiger partial charge in [0.1, 0.15) is 5.82 Å². The standard InChI is InChI=1S/C27H26FN3O3S/c1-18-24(16-20-12-6-9-15-25(20)35(2,33)34)30-31(17-23(29)19-10-4-3-5-11-19)27(32)26(18)21-13-7-8-14-22(21)28/h3-15,23H,16-17,29H2,1-2H3. The highest BCUT2D eigenvalue weighted by Gasteiger charge is 2.22. The number of nitrogens with zero attached hydrogens (tertiary/aromatic N) is 2. The van der Waals surface area contributed by atoms with Gasteiger partial charge in [-0.05, 0) is 35.7 Å². The number of benzene rings is 3. The number of aromatic nitrogens is 2. The van der Waals surface area contributed by atoms with Crippen LogP contribution in [0.25, 0.3) is 11.1 Å². The molecule has 1 heterocycles. The number of hydrogen-bond acceptors (Lipinski definition) is 5. The van der Waals surface area contributed by atoms with E-state index in [2.05, 4.69) is 5.10 Å². The highest BCUT2D eigenvalue weighted by molar-refractivity contribution is 7.90. The summed E-state index contributed by atoms with van der Waals surface area (Å²) in [6.07, 6.45) is 1.30. The number of nitrogens with two attached hydrogens (primary N) is 1. The summed E-state index contributed by atoms with van der Waals surface area (Å²) in [4.78, 5) is 13.7. The molecule has 1 unspecified atom stereocenters. The molecule has 0 fully saturated rings. The molecule has 0 saturated carbocycles. The van der Waals surface area contributed by atoms with Crippen molar-refractivity contribution in [2.24, 2.45) is 5.73 Å². The zero-order valence-electron chi connectivity index (χ0n) is 19.5. The molecule has 0 radical (unpaired) electrons. The quantitative estimate of drug-likeness (QED) is 0.421. The normalized spacial score (nSPS) is 12.5. The Morgan fingerprint density at radius 2 is 1.60 bits per heavy atom. The van der Waals surface area contributed by atoms with Gasteiger partial charge in [0.25, 0.3) is 5.56 Å². The maximum atomic E-state index is 14.8. The lowest BCUT2D eigenvalue weighted by molar-refractivity contribution is 0.497. The Balaban J connectivity index is 1.89. The Labute approximate surface area is 203 Å². The summed E-state index contributed by atoms with van der Waals surface area (Å²) in [5.41, 5.74) is 8.61. The molecule has 4 aromatic rings. The smallest absolute Gasteiger partial charge is 0.275 e. The van der Waals surface area contributed by atoms with E-state index in [1.165, 1.54) is 10.7 Å². The first-order chi connectivity index (χ1) is 16.7. The first-order valence-corrected chi connectivity index (χ1v) is 13.0. The highest BCUT2D eigenvalue weighted by Crippen LogP contribution is 2.27. The Bertz CT molecular complexity index is 1530. The molecule has 180 valence electrons. The monoisotopic (exact) mass is 491 g/mol. The summed E-state index contributed by atoms with van der Waals surface area (Å²) in [6.45, 7) is 1.78. The number of halogens is 1. The first-order valence-electron chi connectivity index (χ1n) is 11.1.